The quantitative estimate of drug-likeness (QED) is 0.127. The molecule has 0 spiro atoms. The van der Waals surface area contributed by atoms with E-state index in [1.807, 2.05) is 0 Å². The van der Waals surface area contributed by atoms with Crippen molar-refractivity contribution in [3.8, 4) is 5.75 Å². The molecule has 14 nitrogen and oxygen atoms in total. The number of para-hydroxylation sites is 1. The molecule has 282 valence electrons. The molecule has 2 N–H and O–H groups in total. The Morgan fingerprint density at radius 2 is 1.57 bits per heavy atom. The molecule has 2 heterocycles. The molecule has 5 atom stereocenters. The van der Waals surface area contributed by atoms with Crippen LogP contribution in [-0.4, -0.2) is 75.1 Å². The molecular weight excluding hydrogens is 731 g/mol. The zero-order valence-electron chi connectivity index (χ0n) is 29.0. The fraction of sp³-hybridized carbons (Fsp3) is 0.297. The normalized spacial score (nSPS) is 20.4. The zero-order chi connectivity index (χ0) is 38.9. The monoisotopic (exact) mass is 765 g/mol. The van der Waals surface area contributed by atoms with Crippen LogP contribution in [0.2, 0.25) is 0 Å². The number of esters is 1. The summed E-state index contributed by atoms with van der Waals surface area (Å²) in [6.07, 6.45) is -6.86. The van der Waals surface area contributed by atoms with E-state index >= 15 is 8.78 Å². The predicted molar refractivity (Wildman–Crippen MR) is 187 cm³/mol. The number of nitrogens with zero attached hydrogens (tertiary/aromatic N) is 2. The van der Waals surface area contributed by atoms with E-state index in [9.17, 15) is 33.6 Å². The van der Waals surface area contributed by atoms with Crippen LogP contribution in [0.3, 0.4) is 0 Å². The summed E-state index contributed by atoms with van der Waals surface area (Å²) in [4.78, 5) is 68.2. The van der Waals surface area contributed by atoms with Crippen molar-refractivity contribution in [3.63, 3.8) is 0 Å². The maximum absolute atomic E-state index is 15.4. The number of ketones is 2. The lowest BCUT2D eigenvalue weighted by molar-refractivity contribution is -0.151. The summed E-state index contributed by atoms with van der Waals surface area (Å²) in [5.41, 5.74) is -0.769. The van der Waals surface area contributed by atoms with Crippen LogP contribution in [0.25, 0.3) is 0 Å². The van der Waals surface area contributed by atoms with Gasteiger partial charge in [-0.3, -0.25) is 28.3 Å². The van der Waals surface area contributed by atoms with E-state index in [2.05, 4.69) is 10.3 Å². The van der Waals surface area contributed by atoms with Crippen LogP contribution in [0.4, 0.5) is 14.6 Å². The number of aromatic nitrogens is 2. The van der Waals surface area contributed by atoms with E-state index < -0.39 is 80.1 Å². The first-order valence-corrected chi connectivity index (χ1v) is 18.4. The number of carbonyl (C=O) groups excluding carboxylic acids is 4. The summed E-state index contributed by atoms with van der Waals surface area (Å²) < 4.78 is 66.8. The highest BCUT2D eigenvalue weighted by Crippen LogP contribution is 2.51. The molecule has 1 aromatic heterocycles. The molecule has 1 fully saturated rings. The Balaban J connectivity index is 1.15. The van der Waals surface area contributed by atoms with Gasteiger partial charge in [0.05, 0.1) is 24.8 Å². The van der Waals surface area contributed by atoms with Crippen LogP contribution < -0.4 is 15.5 Å². The molecule has 17 heteroatoms. The number of halogens is 2. The molecule has 6 rings (SSSR count). The largest absolute Gasteiger partial charge is 0.463 e. The predicted octanol–water partition coefficient (Wildman–Crippen LogP) is 5.04. The zero-order valence-corrected chi connectivity index (χ0v) is 29.9. The summed E-state index contributed by atoms with van der Waals surface area (Å²) >= 11 is 0. The molecule has 54 heavy (non-hydrogen) atoms. The number of carbonyl (C=O) groups is 4. The maximum atomic E-state index is 15.4. The molecule has 1 saturated heterocycles. The van der Waals surface area contributed by atoms with E-state index in [1.165, 1.54) is 49.4 Å². The highest BCUT2D eigenvalue weighted by atomic mass is 31.2. The third-order valence-electron chi connectivity index (χ3n) is 8.57. The molecule has 1 aliphatic heterocycles. The van der Waals surface area contributed by atoms with E-state index in [-0.39, 0.29) is 45.2 Å². The molecule has 4 aromatic rings. The van der Waals surface area contributed by atoms with Crippen molar-refractivity contribution in [1.82, 2.24) is 9.55 Å². The number of nitrogens with one attached hydrogen (secondary N) is 1. The topological polar surface area (TPSA) is 189 Å². The van der Waals surface area contributed by atoms with E-state index in [0.29, 0.717) is 4.57 Å². The molecule has 1 amide bonds. The number of aliphatic hydroxyl groups is 1. The van der Waals surface area contributed by atoms with Crippen LogP contribution in [0.1, 0.15) is 69.2 Å². The van der Waals surface area contributed by atoms with E-state index in [1.54, 1.807) is 44.2 Å². The lowest BCUT2D eigenvalue weighted by Crippen LogP contribution is -2.42. The number of hydrogen-bond acceptors (Lipinski definition) is 12. The van der Waals surface area contributed by atoms with Gasteiger partial charge in [0.15, 0.2) is 17.7 Å². The Labute approximate surface area is 306 Å². The second-order valence-corrected chi connectivity index (χ2v) is 15.0. The molecule has 1 unspecified atom stereocenters. The van der Waals surface area contributed by atoms with Crippen molar-refractivity contribution >= 4 is 36.9 Å². The van der Waals surface area contributed by atoms with Gasteiger partial charge in [0.2, 0.25) is 6.23 Å². The number of ether oxygens (including phenoxy) is 2. The van der Waals surface area contributed by atoms with Gasteiger partial charge in [-0.15, -0.1) is 0 Å². The van der Waals surface area contributed by atoms with Gasteiger partial charge in [0.1, 0.15) is 17.7 Å². The number of aliphatic hydroxyl groups excluding tert-OH is 1. The molecule has 0 bridgehead atoms. The molecule has 1 aliphatic carbocycles. The van der Waals surface area contributed by atoms with Gasteiger partial charge >= 0.3 is 25.2 Å². The Morgan fingerprint density at radius 3 is 2.22 bits per heavy atom. The first kappa shape index (κ1) is 38.3. The number of rotatable bonds is 12. The average Bonchev–Trinajstić information content (AvgIpc) is 3.36. The summed E-state index contributed by atoms with van der Waals surface area (Å²) in [6, 6.07) is 19.0. The third-order valence-corrected chi connectivity index (χ3v) is 10.6. The van der Waals surface area contributed by atoms with Crippen LogP contribution in [-0.2, 0) is 23.4 Å². The van der Waals surface area contributed by atoms with Crippen molar-refractivity contribution in [3.05, 3.63) is 123 Å². The average molecular weight is 766 g/mol. The van der Waals surface area contributed by atoms with Gasteiger partial charge in [0, 0.05) is 34.0 Å². The fourth-order valence-corrected chi connectivity index (χ4v) is 7.77. The maximum Gasteiger partial charge on any atom is 0.380 e. The van der Waals surface area contributed by atoms with Gasteiger partial charge in [0.25, 0.3) is 5.91 Å². The van der Waals surface area contributed by atoms with Crippen LogP contribution in [0.15, 0.2) is 89.9 Å². The Morgan fingerprint density at radius 1 is 0.944 bits per heavy atom. The van der Waals surface area contributed by atoms with Gasteiger partial charge in [-0.25, -0.2) is 9.36 Å². The van der Waals surface area contributed by atoms with E-state index in [4.69, 9.17) is 18.5 Å². The first-order chi connectivity index (χ1) is 25.6. The smallest absolute Gasteiger partial charge is 0.380 e. The third kappa shape index (κ3) is 7.78. The van der Waals surface area contributed by atoms with Crippen molar-refractivity contribution < 1.29 is 56.2 Å². The minimum absolute atomic E-state index is 0.0126. The van der Waals surface area contributed by atoms with Crippen LogP contribution in [0.5, 0.6) is 5.75 Å². The summed E-state index contributed by atoms with van der Waals surface area (Å²) in [5.74, 6) is -7.65. The summed E-state index contributed by atoms with van der Waals surface area (Å²) in [6.45, 7) is 3.80. The van der Waals surface area contributed by atoms with Gasteiger partial charge < -0.3 is 24.4 Å². The second kappa shape index (κ2) is 15.1. The standard InChI is InChI=1S/C37H34F2N3O11P/c1-20(2)51-34(47)21(3)19-54(49,53-23-9-5-4-6-10-23)50-18-28-32(45)37(38,39)35(52-28)42-16-15-29(41-36(42)48)40-33(46)22-13-14-26-27(17-22)31(44)25-12-8-7-11-24(25)30(26)43/h4-17,20-21,28,32,35,45H,18-19H2,1-3H3,(H,40,41,46,48)/t21-,28-,32-,35?,54+/m1/s1. The number of alkyl halides is 2. The molecular formula is C37H34F2N3O11P. The molecule has 0 saturated carbocycles. The number of hydrogen-bond donors (Lipinski definition) is 2. The molecule has 2 aliphatic rings. The highest BCUT2D eigenvalue weighted by Gasteiger charge is 2.60. The fourth-order valence-electron chi connectivity index (χ4n) is 5.90. The summed E-state index contributed by atoms with van der Waals surface area (Å²) in [7, 11) is -4.28. The number of benzene rings is 3. The number of anilines is 1. The first-order valence-electron chi connectivity index (χ1n) is 16.7. The highest BCUT2D eigenvalue weighted by molar-refractivity contribution is 7.54. The lowest BCUT2D eigenvalue weighted by Gasteiger charge is -2.24. The minimum atomic E-state index is -4.28. The lowest BCUT2D eigenvalue weighted by atomic mass is 9.83. The SMILES string of the molecule is CC(C)OC(=O)[C@H](C)C[P@](=O)(OC[C@H]1OC(n2ccc(NC(=O)c3ccc4c(c3)C(=O)c3ccccc3C4=O)nc2=O)C(F)(F)[C@@H]1O)Oc1ccccc1. The van der Waals surface area contributed by atoms with Crippen molar-refractivity contribution in [2.45, 2.75) is 51.2 Å². The van der Waals surface area contributed by atoms with Gasteiger partial charge in [-0.2, -0.15) is 13.8 Å². The minimum Gasteiger partial charge on any atom is -0.463 e. The number of amides is 1. The van der Waals surface area contributed by atoms with Crippen LogP contribution in [0, 0.1) is 5.92 Å². The number of fused-ring (bicyclic) bond motifs is 2. The Bertz CT molecular complexity index is 2230. The van der Waals surface area contributed by atoms with Crippen LogP contribution >= 0.6 is 7.60 Å². The molecule has 0 radical (unpaired) electrons. The Kier molecular flexibility index (Phi) is 10.7. The van der Waals surface area contributed by atoms with Gasteiger partial charge in [-0.05, 0) is 50.2 Å². The molecule has 3 aromatic carbocycles. The Hall–Kier alpha value is -5.41. The van der Waals surface area contributed by atoms with Crippen molar-refractivity contribution in [2.75, 3.05) is 18.1 Å². The van der Waals surface area contributed by atoms with Crippen molar-refractivity contribution in [2.24, 2.45) is 5.92 Å². The van der Waals surface area contributed by atoms with Gasteiger partial charge in [-0.1, -0.05) is 49.4 Å². The summed E-state index contributed by atoms with van der Waals surface area (Å²) in [5, 5.41) is 12.9. The van der Waals surface area contributed by atoms with Crippen molar-refractivity contribution in [1.29, 1.82) is 0 Å². The second-order valence-electron chi connectivity index (χ2n) is 12.9. The van der Waals surface area contributed by atoms with E-state index in [0.717, 1.165) is 12.3 Å².